The summed E-state index contributed by atoms with van der Waals surface area (Å²) in [5.41, 5.74) is 1.41. The highest BCUT2D eigenvalue weighted by Gasteiger charge is 2.05. The molecule has 0 radical (unpaired) electrons. The Morgan fingerprint density at radius 3 is 2.56 bits per heavy atom. The second-order valence-corrected chi connectivity index (χ2v) is 3.74. The normalized spacial score (nSPS) is 9.28. The fourth-order valence-electron chi connectivity index (χ4n) is 1.33. The van der Waals surface area contributed by atoms with Crippen LogP contribution < -0.4 is 5.32 Å². The molecule has 6 heteroatoms. The topological polar surface area (TPSA) is 85.4 Å². The van der Waals surface area contributed by atoms with Crippen LogP contribution in [0, 0.1) is 22.7 Å². The summed E-state index contributed by atoms with van der Waals surface area (Å²) in [6, 6.07) is 10.4. The van der Waals surface area contributed by atoms with Gasteiger partial charge < -0.3 is 5.32 Å². The van der Waals surface area contributed by atoms with Crippen LogP contribution in [0.2, 0.25) is 5.02 Å². The molecular weight excluding hydrogens is 250 g/mol. The van der Waals surface area contributed by atoms with Crippen LogP contribution in [0.1, 0.15) is 11.1 Å². The Morgan fingerprint density at radius 2 is 1.89 bits per heavy atom. The molecule has 1 aromatic heterocycles. The Hall–Kier alpha value is -2.63. The van der Waals surface area contributed by atoms with Crippen LogP contribution in [0.15, 0.2) is 30.5 Å². The van der Waals surface area contributed by atoms with E-state index >= 15 is 0 Å². The van der Waals surface area contributed by atoms with E-state index in [1.807, 2.05) is 12.1 Å². The molecule has 0 bridgehead atoms. The van der Waals surface area contributed by atoms with Gasteiger partial charge in [0.15, 0.2) is 5.82 Å². The number of hydrogen-bond donors (Lipinski definition) is 1. The Morgan fingerprint density at radius 1 is 1.11 bits per heavy atom. The Labute approximate surface area is 108 Å². The summed E-state index contributed by atoms with van der Waals surface area (Å²) in [5, 5.41) is 28.5. The molecule has 0 fully saturated rings. The zero-order valence-corrected chi connectivity index (χ0v) is 9.81. The van der Waals surface area contributed by atoms with Gasteiger partial charge in [0, 0.05) is 5.69 Å². The molecule has 0 aliphatic rings. The lowest BCUT2D eigenvalue weighted by Gasteiger charge is -2.06. The predicted molar refractivity (Wildman–Crippen MR) is 66.2 cm³/mol. The molecule has 86 valence electrons. The molecule has 0 saturated carbocycles. The molecule has 0 saturated heterocycles. The first-order valence-corrected chi connectivity index (χ1v) is 5.31. The third-order valence-corrected chi connectivity index (χ3v) is 2.51. The first kappa shape index (κ1) is 11.8. The molecule has 0 spiro atoms. The number of nitrogens with zero attached hydrogens (tertiary/aromatic N) is 4. The standard InChI is InChI=1S/C12H6ClN5/c13-11-5-10(2-1-8(11)6-14)17-12-9(7-15)3-4-16-18-12/h1-5H,(H,17,18). The van der Waals surface area contributed by atoms with Crippen LogP contribution >= 0.6 is 11.6 Å². The van der Waals surface area contributed by atoms with Crippen molar-refractivity contribution in [2.24, 2.45) is 0 Å². The van der Waals surface area contributed by atoms with E-state index in [-0.39, 0.29) is 0 Å². The Bertz CT molecular complexity index is 669. The van der Waals surface area contributed by atoms with Crippen molar-refractivity contribution in [2.45, 2.75) is 0 Å². The molecule has 1 heterocycles. The van der Waals surface area contributed by atoms with Gasteiger partial charge in [0.2, 0.25) is 0 Å². The fourth-order valence-corrected chi connectivity index (χ4v) is 1.56. The number of nitriles is 2. The lowest BCUT2D eigenvalue weighted by atomic mass is 10.2. The molecule has 2 aromatic rings. The van der Waals surface area contributed by atoms with Crippen LogP contribution in [0.5, 0.6) is 0 Å². The SMILES string of the molecule is N#Cc1ccc(Nc2nnccc2C#N)cc1Cl. The minimum Gasteiger partial charge on any atom is -0.338 e. The van der Waals surface area contributed by atoms with Crippen molar-refractivity contribution in [1.82, 2.24) is 10.2 Å². The van der Waals surface area contributed by atoms with Gasteiger partial charge in [-0.3, -0.25) is 0 Å². The van der Waals surface area contributed by atoms with Crippen molar-refractivity contribution in [2.75, 3.05) is 5.32 Å². The van der Waals surface area contributed by atoms with Crippen molar-refractivity contribution in [1.29, 1.82) is 10.5 Å². The van der Waals surface area contributed by atoms with Crippen molar-refractivity contribution >= 4 is 23.1 Å². The Kier molecular flexibility index (Phi) is 3.38. The number of anilines is 2. The van der Waals surface area contributed by atoms with Crippen LogP contribution in [0.3, 0.4) is 0 Å². The van der Waals surface area contributed by atoms with Gasteiger partial charge in [0.05, 0.1) is 22.3 Å². The third-order valence-electron chi connectivity index (χ3n) is 2.19. The zero-order chi connectivity index (χ0) is 13.0. The highest BCUT2D eigenvalue weighted by Crippen LogP contribution is 2.23. The second-order valence-electron chi connectivity index (χ2n) is 3.34. The van der Waals surface area contributed by atoms with Crippen molar-refractivity contribution in [3.8, 4) is 12.1 Å². The molecule has 18 heavy (non-hydrogen) atoms. The van der Waals surface area contributed by atoms with E-state index in [2.05, 4.69) is 15.5 Å². The fraction of sp³-hybridized carbons (Fsp3) is 0. The summed E-state index contributed by atoms with van der Waals surface area (Å²) in [6.07, 6.45) is 1.44. The van der Waals surface area contributed by atoms with Crippen molar-refractivity contribution in [3.63, 3.8) is 0 Å². The third kappa shape index (κ3) is 2.37. The molecule has 0 atom stereocenters. The largest absolute Gasteiger partial charge is 0.338 e. The monoisotopic (exact) mass is 255 g/mol. The molecule has 0 amide bonds. The lowest BCUT2D eigenvalue weighted by molar-refractivity contribution is 1.03. The van der Waals surface area contributed by atoms with E-state index in [4.69, 9.17) is 22.1 Å². The Balaban J connectivity index is 2.33. The molecule has 0 unspecified atom stereocenters. The number of halogens is 1. The van der Waals surface area contributed by atoms with Crippen molar-refractivity contribution < 1.29 is 0 Å². The summed E-state index contributed by atoms with van der Waals surface area (Å²) < 4.78 is 0. The average Bonchev–Trinajstić information content (AvgIpc) is 2.39. The molecule has 0 aliphatic heterocycles. The molecule has 5 nitrogen and oxygen atoms in total. The van der Waals surface area contributed by atoms with E-state index in [0.29, 0.717) is 27.7 Å². The van der Waals surface area contributed by atoms with E-state index < -0.39 is 0 Å². The number of rotatable bonds is 2. The number of aromatic nitrogens is 2. The molecule has 2 rings (SSSR count). The van der Waals surface area contributed by atoms with Gasteiger partial charge in [-0.1, -0.05) is 11.6 Å². The average molecular weight is 256 g/mol. The van der Waals surface area contributed by atoms with Gasteiger partial charge in [-0.15, -0.1) is 5.10 Å². The van der Waals surface area contributed by atoms with Crippen molar-refractivity contribution in [3.05, 3.63) is 46.6 Å². The quantitative estimate of drug-likeness (QED) is 0.891. The smallest absolute Gasteiger partial charge is 0.171 e. The summed E-state index contributed by atoms with van der Waals surface area (Å²) in [7, 11) is 0. The van der Waals surface area contributed by atoms with Gasteiger partial charge in [-0.25, -0.2) is 0 Å². The first-order valence-electron chi connectivity index (χ1n) is 4.93. The van der Waals surface area contributed by atoms with Gasteiger partial charge in [-0.05, 0) is 24.3 Å². The van der Waals surface area contributed by atoms with Gasteiger partial charge in [0.1, 0.15) is 12.1 Å². The highest BCUT2D eigenvalue weighted by molar-refractivity contribution is 6.32. The number of benzene rings is 1. The van der Waals surface area contributed by atoms with Gasteiger partial charge in [0.25, 0.3) is 0 Å². The summed E-state index contributed by atoms with van der Waals surface area (Å²) in [6.45, 7) is 0. The van der Waals surface area contributed by atoms with Gasteiger partial charge in [-0.2, -0.15) is 15.6 Å². The minimum atomic E-state index is 0.338. The second kappa shape index (κ2) is 5.13. The maximum atomic E-state index is 8.91. The number of hydrogen-bond acceptors (Lipinski definition) is 5. The van der Waals surface area contributed by atoms with Crippen LogP contribution in [-0.4, -0.2) is 10.2 Å². The van der Waals surface area contributed by atoms with E-state index in [9.17, 15) is 0 Å². The van der Waals surface area contributed by atoms with E-state index in [0.717, 1.165) is 0 Å². The molecule has 1 N–H and O–H groups in total. The first-order chi connectivity index (χ1) is 8.74. The lowest BCUT2D eigenvalue weighted by Crippen LogP contribution is -1.98. The maximum Gasteiger partial charge on any atom is 0.171 e. The van der Waals surface area contributed by atoms with Crippen LogP contribution in [0.25, 0.3) is 0 Å². The van der Waals surface area contributed by atoms with Crippen LogP contribution in [-0.2, 0) is 0 Å². The minimum absolute atomic E-state index is 0.338. The van der Waals surface area contributed by atoms with Gasteiger partial charge >= 0.3 is 0 Å². The van der Waals surface area contributed by atoms with Crippen LogP contribution in [0.4, 0.5) is 11.5 Å². The predicted octanol–water partition coefficient (Wildman–Crippen LogP) is 2.62. The summed E-state index contributed by atoms with van der Waals surface area (Å²) in [4.78, 5) is 0. The molecule has 0 aliphatic carbocycles. The molecule has 1 aromatic carbocycles. The number of nitrogens with one attached hydrogen (secondary N) is 1. The highest BCUT2D eigenvalue weighted by atomic mass is 35.5. The summed E-state index contributed by atoms with van der Waals surface area (Å²) in [5.74, 6) is 0.348. The summed E-state index contributed by atoms with van der Waals surface area (Å²) >= 11 is 5.91. The van der Waals surface area contributed by atoms with E-state index in [1.54, 1.807) is 24.3 Å². The maximum absolute atomic E-state index is 8.91. The molecular formula is C12H6ClN5. The van der Waals surface area contributed by atoms with E-state index in [1.165, 1.54) is 6.20 Å². The zero-order valence-electron chi connectivity index (χ0n) is 9.05.